The van der Waals surface area contributed by atoms with Gasteiger partial charge in [-0.15, -0.1) is 0 Å². The lowest BCUT2D eigenvalue weighted by atomic mass is 9.97. The topological polar surface area (TPSA) is 12.0 Å². The number of benzene rings is 3. The highest BCUT2D eigenvalue weighted by atomic mass is 31.1. The van der Waals surface area contributed by atoms with Gasteiger partial charge >= 0.3 is 0 Å². The van der Waals surface area contributed by atoms with Crippen LogP contribution in [0.2, 0.25) is 0 Å². The van der Waals surface area contributed by atoms with Crippen molar-refractivity contribution in [3.8, 4) is 0 Å². The van der Waals surface area contributed by atoms with Crippen molar-refractivity contribution in [3.05, 3.63) is 83.9 Å². The van der Waals surface area contributed by atoms with E-state index in [1.807, 2.05) is 0 Å². The fraction of sp³-hybridized carbons (Fsp3) is 0.273. The first-order valence-corrected chi connectivity index (χ1v) is 10.3. The van der Waals surface area contributed by atoms with E-state index in [0.29, 0.717) is 0 Å². The van der Waals surface area contributed by atoms with Crippen LogP contribution in [0.5, 0.6) is 0 Å². The van der Waals surface area contributed by atoms with Gasteiger partial charge < -0.3 is 0 Å². The van der Waals surface area contributed by atoms with Crippen LogP contribution >= 0.6 is 8.07 Å². The molecule has 124 valence electrons. The number of hydrogen-bond donors (Lipinski definition) is 1. The first-order valence-electron chi connectivity index (χ1n) is 8.49. The summed E-state index contributed by atoms with van der Waals surface area (Å²) in [5, 5.41) is 6.79. The van der Waals surface area contributed by atoms with E-state index >= 15 is 0 Å². The minimum Gasteiger partial charge on any atom is -0.284 e. The Balaban J connectivity index is 2.02. The molecular formula is C22H26NP. The lowest BCUT2D eigenvalue weighted by Crippen LogP contribution is -2.25. The molecule has 0 fully saturated rings. The third-order valence-corrected chi connectivity index (χ3v) is 7.23. The van der Waals surface area contributed by atoms with Crippen molar-refractivity contribution in [3.63, 3.8) is 0 Å². The molecule has 2 heteroatoms. The Morgan fingerprint density at radius 2 is 1.38 bits per heavy atom. The molecule has 0 aromatic heterocycles. The minimum atomic E-state index is -0.301. The second-order valence-electron chi connectivity index (χ2n) is 7.31. The highest BCUT2D eigenvalue weighted by molar-refractivity contribution is 7.56. The van der Waals surface area contributed by atoms with Gasteiger partial charge in [-0.05, 0) is 47.9 Å². The highest BCUT2D eigenvalue weighted by Crippen LogP contribution is 2.45. The standard InChI is InChI=1S/C22H26NP/c1-22(2,3)24(4)23-21(18-11-6-5-7-12-18)20-15-14-17-10-8-9-13-19(17)16-20/h5-16,21,23H,1-4H3/t21-,24?/m0/s1. The number of rotatable bonds is 4. The maximum Gasteiger partial charge on any atom is 0.0609 e. The van der Waals surface area contributed by atoms with Crippen molar-refractivity contribution in [1.82, 2.24) is 5.09 Å². The summed E-state index contributed by atoms with van der Waals surface area (Å²) in [6, 6.07) is 26.4. The van der Waals surface area contributed by atoms with E-state index in [1.54, 1.807) is 0 Å². The molecule has 24 heavy (non-hydrogen) atoms. The molecular weight excluding hydrogens is 309 g/mol. The third kappa shape index (κ3) is 3.86. The van der Waals surface area contributed by atoms with Crippen molar-refractivity contribution >= 4 is 18.8 Å². The van der Waals surface area contributed by atoms with Crippen LogP contribution in [0.25, 0.3) is 10.8 Å². The Labute approximate surface area is 146 Å². The largest absolute Gasteiger partial charge is 0.284 e. The summed E-state index contributed by atoms with van der Waals surface area (Å²) in [6.45, 7) is 9.28. The second-order valence-corrected chi connectivity index (χ2v) is 10.0. The van der Waals surface area contributed by atoms with Crippen LogP contribution in [0, 0.1) is 0 Å². The van der Waals surface area contributed by atoms with Gasteiger partial charge in [0.1, 0.15) is 0 Å². The van der Waals surface area contributed by atoms with E-state index in [-0.39, 0.29) is 19.3 Å². The van der Waals surface area contributed by atoms with Crippen LogP contribution in [-0.2, 0) is 0 Å². The normalized spacial score (nSPS) is 14.5. The summed E-state index contributed by atoms with van der Waals surface area (Å²) in [4.78, 5) is 0. The minimum absolute atomic E-state index is 0.228. The van der Waals surface area contributed by atoms with Crippen molar-refractivity contribution in [2.45, 2.75) is 32.0 Å². The molecule has 1 unspecified atom stereocenters. The monoisotopic (exact) mass is 335 g/mol. The first-order chi connectivity index (χ1) is 11.4. The lowest BCUT2D eigenvalue weighted by molar-refractivity contribution is 0.728. The Morgan fingerprint density at radius 1 is 0.750 bits per heavy atom. The molecule has 0 aliphatic heterocycles. The summed E-state index contributed by atoms with van der Waals surface area (Å²) in [5.41, 5.74) is 2.66. The summed E-state index contributed by atoms with van der Waals surface area (Å²) in [7, 11) is -0.301. The van der Waals surface area contributed by atoms with E-state index in [4.69, 9.17) is 0 Å². The molecule has 3 rings (SSSR count). The zero-order valence-electron chi connectivity index (χ0n) is 15.0. The summed E-state index contributed by atoms with van der Waals surface area (Å²) >= 11 is 0. The quantitative estimate of drug-likeness (QED) is 0.548. The number of nitrogens with one attached hydrogen (secondary N) is 1. The van der Waals surface area contributed by atoms with Crippen LogP contribution in [0.15, 0.2) is 72.8 Å². The zero-order valence-corrected chi connectivity index (χ0v) is 15.8. The van der Waals surface area contributed by atoms with Gasteiger partial charge in [-0.25, -0.2) is 0 Å². The maximum atomic E-state index is 3.92. The first kappa shape index (κ1) is 17.1. The van der Waals surface area contributed by atoms with Crippen molar-refractivity contribution in [1.29, 1.82) is 0 Å². The van der Waals surface area contributed by atoms with Crippen LogP contribution in [0.4, 0.5) is 0 Å². The molecule has 3 aromatic carbocycles. The third-order valence-electron chi connectivity index (χ3n) is 4.57. The molecule has 0 saturated carbocycles. The Kier molecular flexibility index (Phi) is 5.04. The van der Waals surface area contributed by atoms with Gasteiger partial charge in [0.15, 0.2) is 0 Å². The van der Waals surface area contributed by atoms with Gasteiger partial charge in [-0.3, -0.25) is 5.09 Å². The predicted octanol–water partition coefficient (Wildman–Crippen LogP) is 6.34. The summed E-state index contributed by atoms with van der Waals surface area (Å²) < 4.78 is 0. The van der Waals surface area contributed by atoms with Crippen LogP contribution in [0.1, 0.15) is 37.9 Å². The van der Waals surface area contributed by atoms with E-state index in [2.05, 4.69) is 105 Å². The van der Waals surface area contributed by atoms with Gasteiger partial charge in [0.25, 0.3) is 0 Å². The lowest BCUT2D eigenvalue weighted by Gasteiger charge is -2.33. The van der Waals surface area contributed by atoms with Crippen LogP contribution in [-0.4, -0.2) is 11.8 Å². The zero-order chi connectivity index (χ0) is 17.2. The fourth-order valence-electron chi connectivity index (χ4n) is 2.76. The molecule has 1 N–H and O–H groups in total. The second kappa shape index (κ2) is 7.05. The average Bonchev–Trinajstić information content (AvgIpc) is 2.59. The molecule has 0 heterocycles. The van der Waals surface area contributed by atoms with E-state index < -0.39 is 0 Å². The molecule has 3 aromatic rings. The fourth-order valence-corrected chi connectivity index (χ4v) is 3.83. The summed E-state index contributed by atoms with van der Waals surface area (Å²) in [6.07, 6.45) is 0. The van der Waals surface area contributed by atoms with Crippen molar-refractivity contribution in [2.75, 3.05) is 6.66 Å². The molecule has 0 bridgehead atoms. The van der Waals surface area contributed by atoms with Crippen LogP contribution < -0.4 is 5.09 Å². The van der Waals surface area contributed by atoms with Gasteiger partial charge in [-0.1, -0.05) is 87.5 Å². The molecule has 0 saturated heterocycles. The predicted molar refractivity (Wildman–Crippen MR) is 108 cm³/mol. The summed E-state index contributed by atoms with van der Waals surface area (Å²) in [5.74, 6) is 0. The van der Waals surface area contributed by atoms with Gasteiger partial charge in [0.05, 0.1) is 6.04 Å². The van der Waals surface area contributed by atoms with E-state index in [9.17, 15) is 0 Å². The number of hydrogen-bond acceptors (Lipinski definition) is 1. The molecule has 0 spiro atoms. The van der Waals surface area contributed by atoms with Crippen molar-refractivity contribution < 1.29 is 0 Å². The SMILES string of the molecule is CP(N[C@@H](c1ccccc1)c1ccc2ccccc2c1)C(C)(C)C. The molecule has 1 nitrogen and oxygen atoms in total. The van der Waals surface area contributed by atoms with Crippen molar-refractivity contribution in [2.24, 2.45) is 0 Å². The molecule has 0 aliphatic carbocycles. The molecule has 0 aliphatic rings. The Bertz CT molecular complexity index is 805. The number of fused-ring (bicyclic) bond motifs is 1. The highest BCUT2D eigenvalue weighted by Gasteiger charge is 2.24. The van der Waals surface area contributed by atoms with E-state index in [1.165, 1.54) is 21.9 Å². The van der Waals surface area contributed by atoms with Gasteiger partial charge in [0, 0.05) is 0 Å². The van der Waals surface area contributed by atoms with Gasteiger partial charge in [-0.2, -0.15) is 0 Å². The Hall–Kier alpha value is -1.69. The maximum absolute atomic E-state index is 3.92. The average molecular weight is 335 g/mol. The molecule has 0 radical (unpaired) electrons. The molecule has 2 atom stereocenters. The van der Waals surface area contributed by atoms with E-state index in [0.717, 1.165) is 0 Å². The smallest absolute Gasteiger partial charge is 0.0609 e. The van der Waals surface area contributed by atoms with Crippen LogP contribution in [0.3, 0.4) is 0 Å². The van der Waals surface area contributed by atoms with Gasteiger partial charge in [0.2, 0.25) is 0 Å². The Morgan fingerprint density at radius 3 is 2.04 bits per heavy atom. The molecule has 0 amide bonds.